The van der Waals surface area contributed by atoms with E-state index in [2.05, 4.69) is 16.7 Å². The zero-order chi connectivity index (χ0) is 11.1. The van der Waals surface area contributed by atoms with E-state index in [0.29, 0.717) is 0 Å². The van der Waals surface area contributed by atoms with Crippen LogP contribution in [0.2, 0.25) is 0 Å². The average molecular weight is 224 g/mol. The number of carbonyl (C=O) groups excluding carboxylic acids is 1. The lowest BCUT2D eigenvalue weighted by Crippen LogP contribution is -2.59. The highest BCUT2D eigenvalue weighted by molar-refractivity contribution is 7.10. The Morgan fingerprint density at radius 3 is 2.80 bits per heavy atom. The molecule has 2 N–H and O–H groups in total. The van der Waals surface area contributed by atoms with Crippen LogP contribution in [0.5, 0.6) is 0 Å². The zero-order valence-corrected chi connectivity index (χ0v) is 10.1. The molecule has 2 heterocycles. The van der Waals surface area contributed by atoms with E-state index >= 15 is 0 Å². The van der Waals surface area contributed by atoms with Crippen LogP contribution in [-0.4, -0.2) is 18.0 Å². The molecule has 82 valence electrons. The van der Waals surface area contributed by atoms with E-state index in [0.717, 1.165) is 11.4 Å². The van der Waals surface area contributed by atoms with Crippen molar-refractivity contribution >= 4 is 17.2 Å². The average Bonchev–Trinajstić information content (AvgIpc) is 2.50. The molecule has 1 aromatic rings. The fraction of sp³-hybridized carbons (Fsp3) is 0.545. The molecule has 0 bridgehead atoms. The van der Waals surface area contributed by atoms with Crippen molar-refractivity contribution in [2.75, 3.05) is 6.54 Å². The van der Waals surface area contributed by atoms with Gasteiger partial charge in [-0.1, -0.05) is 0 Å². The first-order valence-electron chi connectivity index (χ1n) is 5.09. The lowest BCUT2D eigenvalue weighted by atomic mass is 9.99. The molecule has 1 saturated heterocycles. The first-order chi connectivity index (χ1) is 6.99. The van der Waals surface area contributed by atoms with Gasteiger partial charge in [0.2, 0.25) is 5.91 Å². The minimum Gasteiger partial charge on any atom is -0.348 e. The van der Waals surface area contributed by atoms with Gasteiger partial charge in [-0.2, -0.15) is 0 Å². The van der Waals surface area contributed by atoms with Crippen LogP contribution in [-0.2, 0) is 4.79 Å². The van der Waals surface area contributed by atoms with Crippen molar-refractivity contribution in [2.45, 2.75) is 32.4 Å². The molecule has 4 heteroatoms. The highest BCUT2D eigenvalue weighted by Gasteiger charge is 2.34. The van der Waals surface area contributed by atoms with Gasteiger partial charge in [-0.15, -0.1) is 11.3 Å². The fourth-order valence-electron chi connectivity index (χ4n) is 1.79. The van der Waals surface area contributed by atoms with E-state index in [1.54, 1.807) is 11.3 Å². The molecule has 0 saturated carbocycles. The summed E-state index contributed by atoms with van der Waals surface area (Å²) in [5, 5.41) is 8.35. The minimum absolute atomic E-state index is 0.0804. The highest BCUT2D eigenvalue weighted by atomic mass is 32.1. The molecule has 15 heavy (non-hydrogen) atoms. The van der Waals surface area contributed by atoms with Gasteiger partial charge in [-0.25, -0.2) is 0 Å². The number of aryl methyl sites for hydroxylation is 1. The van der Waals surface area contributed by atoms with Crippen molar-refractivity contribution in [3.63, 3.8) is 0 Å². The van der Waals surface area contributed by atoms with Gasteiger partial charge in [0.05, 0.1) is 0 Å². The van der Waals surface area contributed by atoms with Crippen molar-refractivity contribution in [3.05, 3.63) is 21.9 Å². The van der Waals surface area contributed by atoms with Gasteiger partial charge in [-0.05, 0) is 37.8 Å². The Morgan fingerprint density at radius 1 is 1.53 bits per heavy atom. The van der Waals surface area contributed by atoms with Crippen molar-refractivity contribution < 1.29 is 4.79 Å². The van der Waals surface area contributed by atoms with Crippen molar-refractivity contribution in [3.8, 4) is 0 Å². The summed E-state index contributed by atoms with van der Waals surface area (Å²) in [6, 6.07) is 1.88. The monoisotopic (exact) mass is 224 g/mol. The fourth-order valence-corrected chi connectivity index (χ4v) is 2.79. The molecule has 1 aliphatic rings. The van der Waals surface area contributed by atoms with E-state index in [4.69, 9.17) is 0 Å². The van der Waals surface area contributed by atoms with Crippen LogP contribution in [0, 0.1) is 6.92 Å². The second-order valence-corrected chi connectivity index (χ2v) is 5.60. The van der Waals surface area contributed by atoms with E-state index in [1.807, 2.05) is 26.2 Å². The number of amides is 1. The Hall–Kier alpha value is -0.870. The SMILES string of the molecule is Cc1ccsc1C1NCC(C)(C)NC1=O. The van der Waals surface area contributed by atoms with Crippen LogP contribution in [0.4, 0.5) is 0 Å². The van der Waals surface area contributed by atoms with Crippen LogP contribution >= 0.6 is 11.3 Å². The van der Waals surface area contributed by atoms with Crippen molar-refractivity contribution in [2.24, 2.45) is 0 Å². The molecule has 0 spiro atoms. The van der Waals surface area contributed by atoms with Gasteiger partial charge in [-0.3, -0.25) is 10.1 Å². The first-order valence-corrected chi connectivity index (χ1v) is 5.97. The Bertz CT molecular complexity index is 384. The van der Waals surface area contributed by atoms with E-state index in [1.165, 1.54) is 5.56 Å². The molecule has 1 aromatic heterocycles. The van der Waals surface area contributed by atoms with E-state index < -0.39 is 0 Å². The summed E-state index contributed by atoms with van der Waals surface area (Å²) in [4.78, 5) is 13.0. The summed E-state index contributed by atoms with van der Waals surface area (Å²) < 4.78 is 0. The molecule has 0 aromatic carbocycles. The van der Waals surface area contributed by atoms with Crippen LogP contribution in [0.25, 0.3) is 0 Å². The maximum atomic E-state index is 11.9. The Balaban J connectivity index is 2.20. The normalized spacial score (nSPS) is 25.0. The number of hydrogen-bond acceptors (Lipinski definition) is 3. The van der Waals surface area contributed by atoms with Gasteiger partial charge in [0.15, 0.2) is 0 Å². The number of piperazine rings is 1. The summed E-state index contributed by atoms with van der Waals surface area (Å²) in [5.74, 6) is 0.0804. The smallest absolute Gasteiger partial charge is 0.243 e. The van der Waals surface area contributed by atoms with Crippen molar-refractivity contribution in [1.29, 1.82) is 0 Å². The molecule has 0 radical (unpaired) electrons. The number of hydrogen-bond donors (Lipinski definition) is 2. The van der Waals surface area contributed by atoms with Gasteiger partial charge < -0.3 is 5.32 Å². The third-order valence-electron chi connectivity index (χ3n) is 2.64. The predicted octanol–water partition coefficient (Wildman–Crippen LogP) is 1.60. The van der Waals surface area contributed by atoms with E-state index in [9.17, 15) is 4.79 Å². The van der Waals surface area contributed by atoms with Crippen LogP contribution in [0.3, 0.4) is 0 Å². The topological polar surface area (TPSA) is 41.1 Å². The van der Waals surface area contributed by atoms with Gasteiger partial charge >= 0.3 is 0 Å². The van der Waals surface area contributed by atoms with E-state index in [-0.39, 0.29) is 17.5 Å². The highest BCUT2D eigenvalue weighted by Crippen LogP contribution is 2.26. The Morgan fingerprint density at radius 2 is 2.27 bits per heavy atom. The van der Waals surface area contributed by atoms with Crippen LogP contribution < -0.4 is 10.6 Å². The standard InChI is InChI=1S/C11H16N2OS/c1-7-4-5-15-9(7)8-10(14)13-11(2,3)6-12-8/h4-5,8,12H,6H2,1-3H3,(H,13,14). The molecular formula is C11H16N2OS. The number of rotatable bonds is 1. The molecule has 3 nitrogen and oxygen atoms in total. The van der Waals surface area contributed by atoms with Gasteiger partial charge in [0.1, 0.15) is 6.04 Å². The largest absolute Gasteiger partial charge is 0.348 e. The zero-order valence-electron chi connectivity index (χ0n) is 9.26. The number of thiophene rings is 1. The summed E-state index contributed by atoms with van der Waals surface area (Å²) in [5.41, 5.74) is 1.05. The quantitative estimate of drug-likeness (QED) is 0.760. The lowest BCUT2D eigenvalue weighted by Gasteiger charge is -2.35. The molecule has 0 aliphatic carbocycles. The second kappa shape index (κ2) is 3.61. The molecule has 1 atom stereocenters. The third kappa shape index (κ3) is 2.06. The summed E-state index contributed by atoms with van der Waals surface area (Å²) in [6.07, 6.45) is 0. The van der Waals surface area contributed by atoms with Gasteiger partial charge in [0.25, 0.3) is 0 Å². The second-order valence-electron chi connectivity index (χ2n) is 4.65. The predicted molar refractivity (Wildman–Crippen MR) is 62.0 cm³/mol. The first kappa shape index (κ1) is 10.6. The molecule has 1 amide bonds. The third-order valence-corrected chi connectivity index (χ3v) is 3.72. The molecular weight excluding hydrogens is 208 g/mol. The molecule has 1 fully saturated rings. The summed E-state index contributed by atoms with van der Waals surface area (Å²) >= 11 is 1.64. The van der Waals surface area contributed by atoms with Crippen LogP contribution in [0.15, 0.2) is 11.4 Å². The Labute approximate surface area is 93.9 Å². The lowest BCUT2D eigenvalue weighted by molar-refractivity contribution is -0.126. The number of nitrogens with one attached hydrogen (secondary N) is 2. The summed E-state index contributed by atoms with van der Waals surface area (Å²) in [6.45, 7) is 6.89. The summed E-state index contributed by atoms with van der Waals surface area (Å²) in [7, 11) is 0. The Kier molecular flexibility index (Phi) is 2.56. The number of carbonyl (C=O) groups is 1. The minimum atomic E-state index is -0.168. The van der Waals surface area contributed by atoms with Gasteiger partial charge in [0, 0.05) is 17.0 Å². The molecule has 2 rings (SSSR count). The maximum Gasteiger partial charge on any atom is 0.243 e. The van der Waals surface area contributed by atoms with Crippen molar-refractivity contribution in [1.82, 2.24) is 10.6 Å². The maximum absolute atomic E-state index is 11.9. The molecule has 1 aliphatic heterocycles. The molecule has 1 unspecified atom stereocenters. The van der Waals surface area contributed by atoms with Crippen LogP contribution in [0.1, 0.15) is 30.3 Å².